The smallest absolute Gasteiger partial charge is 0.252 e. The first kappa shape index (κ1) is 15.3. The number of pyridine rings is 1. The minimum Gasteiger partial charge on any atom is -0.352 e. The number of benzene rings is 2. The molecule has 0 fully saturated rings. The molecule has 2 aromatic carbocycles. The van der Waals surface area contributed by atoms with E-state index in [0.29, 0.717) is 18.5 Å². The van der Waals surface area contributed by atoms with Gasteiger partial charge >= 0.3 is 0 Å². The Balaban J connectivity index is 1.49. The van der Waals surface area contributed by atoms with Crippen LogP contribution in [0.3, 0.4) is 0 Å². The molecule has 4 rings (SSSR count). The van der Waals surface area contributed by atoms with Crippen LogP contribution in [0.2, 0.25) is 0 Å². The van der Waals surface area contributed by atoms with Gasteiger partial charge in [0.1, 0.15) is 5.82 Å². The average Bonchev–Trinajstić information content (AvgIpc) is 3.03. The van der Waals surface area contributed by atoms with Gasteiger partial charge in [-0.15, -0.1) is 0 Å². The van der Waals surface area contributed by atoms with E-state index in [0.717, 1.165) is 33.5 Å². The summed E-state index contributed by atoms with van der Waals surface area (Å²) in [5, 5.41) is 3.85. The predicted octanol–water partition coefficient (Wildman–Crippen LogP) is 3.39. The zero-order valence-electron chi connectivity index (χ0n) is 13.9. The Morgan fingerprint density at radius 3 is 2.64 bits per heavy atom. The molecule has 0 spiro atoms. The number of fused-ring (bicyclic) bond motifs is 2. The van der Waals surface area contributed by atoms with Crippen molar-refractivity contribution < 1.29 is 4.79 Å². The first-order valence-corrected chi connectivity index (χ1v) is 8.29. The molecule has 2 aromatic heterocycles. The molecule has 0 atom stereocenters. The second-order valence-corrected chi connectivity index (χ2v) is 6.03. The highest BCUT2D eigenvalue weighted by molar-refractivity contribution is 6.06. The first-order valence-electron chi connectivity index (χ1n) is 8.29. The lowest BCUT2D eigenvalue weighted by molar-refractivity contribution is 0.0955. The number of H-pyrrole nitrogens is 1. The van der Waals surface area contributed by atoms with E-state index in [4.69, 9.17) is 0 Å². The van der Waals surface area contributed by atoms with Gasteiger partial charge in [0.2, 0.25) is 0 Å². The van der Waals surface area contributed by atoms with Crippen molar-refractivity contribution in [2.24, 2.45) is 0 Å². The van der Waals surface area contributed by atoms with E-state index in [1.54, 1.807) is 0 Å². The maximum atomic E-state index is 12.6. The number of hydrogen-bond acceptors (Lipinski definition) is 3. The van der Waals surface area contributed by atoms with Crippen molar-refractivity contribution in [1.29, 1.82) is 0 Å². The van der Waals surface area contributed by atoms with Gasteiger partial charge in [-0.2, -0.15) is 0 Å². The fourth-order valence-electron chi connectivity index (χ4n) is 3.01. The number of rotatable bonds is 4. The van der Waals surface area contributed by atoms with Crippen molar-refractivity contribution in [2.75, 3.05) is 6.54 Å². The lowest BCUT2D eigenvalue weighted by atomic mass is 10.1. The highest BCUT2D eigenvalue weighted by Crippen LogP contribution is 2.18. The van der Waals surface area contributed by atoms with Crippen LogP contribution < -0.4 is 5.32 Å². The van der Waals surface area contributed by atoms with Gasteiger partial charge in [0.15, 0.2) is 0 Å². The van der Waals surface area contributed by atoms with E-state index in [2.05, 4.69) is 20.3 Å². The van der Waals surface area contributed by atoms with Crippen LogP contribution in [0.4, 0.5) is 0 Å². The summed E-state index contributed by atoms with van der Waals surface area (Å²) in [4.78, 5) is 24.9. The number of aromatic nitrogens is 3. The molecular weight excluding hydrogens is 312 g/mol. The number of hydrogen-bond donors (Lipinski definition) is 2. The number of aryl methyl sites for hydroxylation is 1. The summed E-state index contributed by atoms with van der Waals surface area (Å²) in [6.45, 7) is 2.42. The van der Waals surface area contributed by atoms with Crippen LogP contribution in [0.1, 0.15) is 21.9 Å². The second kappa shape index (κ2) is 6.36. The number of carbonyl (C=O) groups is 1. The van der Waals surface area contributed by atoms with Gasteiger partial charge in [-0.25, -0.2) is 4.98 Å². The van der Waals surface area contributed by atoms with Gasteiger partial charge in [0.05, 0.1) is 22.1 Å². The molecule has 2 heterocycles. The molecule has 2 N–H and O–H groups in total. The average molecular weight is 330 g/mol. The minimum absolute atomic E-state index is 0.0854. The Morgan fingerprint density at radius 2 is 1.80 bits per heavy atom. The van der Waals surface area contributed by atoms with E-state index < -0.39 is 0 Å². The number of amides is 1. The van der Waals surface area contributed by atoms with Crippen molar-refractivity contribution in [2.45, 2.75) is 13.3 Å². The maximum Gasteiger partial charge on any atom is 0.252 e. The van der Waals surface area contributed by atoms with E-state index in [1.807, 2.05) is 61.5 Å². The highest BCUT2D eigenvalue weighted by Gasteiger charge is 2.11. The van der Waals surface area contributed by atoms with Gasteiger partial charge in [-0.1, -0.05) is 30.3 Å². The van der Waals surface area contributed by atoms with Crippen molar-refractivity contribution in [3.05, 3.63) is 71.7 Å². The quantitative estimate of drug-likeness (QED) is 0.602. The maximum absolute atomic E-state index is 12.6. The van der Waals surface area contributed by atoms with Crippen LogP contribution in [0, 0.1) is 6.92 Å². The molecule has 0 radical (unpaired) electrons. The van der Waals surface area contributed by atoms with E-state index >= 15 is 0 Å². The third-order valence-electron chi connectivity index (χ3n) is 4.17. The summed E-state index contributed by atoms with van der Waals surface area (Å²) in [6.07, 6.45) is 0.655. The largest absolute Gasteiger partial charge is 0.352 e. The van der Waals surface area contributed by atoms with E-state index in [9.17, 15) is 4.79 Å². The first-order chi connectivity index (χ1) is 12.2. The number of imidazole rings is 1. The summed E-state index contributed by atoms with van der Waals surface area (Å²) in [5.74, 6) is 0.787. The molecule has 0 saturated heterocycles. The highest BCUT2D eigenvalue weighted by atomic mass is 16.1. The molecule has 1 amide bonds. The van der Waals surface area contributed by atoms with Crippen molar-refractivity contribution in [3.63, 3.8) is 0 Å². The van der Waals surface area contributed by atoms with Crippen molar-refractivity contribution in [3.8, 4) is 0 Å². The molecule has 0 bridgehead atoms. The zero-order valence-corrected chi connectivity index (χ0v) is 13.9. The SMILES string of the molecule is Cc1cc(C(=O)NCCc2nc3ccccc3[nH]2)c2ccccc2n1. The van der Waals surface area contributed by atoms with E-state index in [-0.39, 0.29) is 5.91 Å². The van der Waals surface area contributed by atoms with Crippen LogP contribution in [0.15, 0.2) is 54.6 Å². The third-order valence-corrected chi connectivity index (χ3v) is 4.17. The standard InChI is InChI=1S/C20H18N4O/c1-13-12-15(14-6-2-3-7-16(14)22-13)20(25)21-11-10-19-23-17-8-4-5-9-18(17)24-19/h2-9,12H,10-11H2,1H3,(H,21,25)(H,23,24). The molecule has 5 nitrogen and oxygen atoms in total. The van der Waals surface area contributed by atoms with E-state index in [1.165, 1.54) is 0 Å². The Morgan fingerprint density at radius 1 is 1.04 bits per heavy atom. The minimum atomic E-state index is -0.0854. The molecule has 0 aliphatic carbocycles. The monoisotopic (exact) mass is 330 g/mol. The van der Waals surface area contributed by atoms with Gasteiger partial charge in [0.25, 0.3) is 5.91 Å². The fraction of sp³-hybridized carbons (Fsp3) is 0.150. The van der Waals surface area contributed by atoms with Crippen molar-refractivity contribution in [1.82, 2.24) is 20.3 Å². The summed E-state index contributed by atoms with van der Waals surface area (Å²) in [7, 11) is 0. The lowest BCUT2D eigenvalue weighted by Gasteiger charge is -2.08. The summed E-state index contributed by atoms with van der Waals surface area (Å²) in [6, 6.07) is 17.4. The second-order valence-electron chi connectivity index (χ2n) is 6.03. The number of nitrogens with one attached hydrogen (secondary N) is 2. The number of nitrogens with zero attached hydrogens (tertiary/aromatic N) is 2. The van der Waals surface area contributed by atoms with Crippen LogP contribution in [-0.4, -0.2) is 27.4 Å². The van der Waals surface area contributed by atoms with Crippen LogP contribution >= 0.6 is 0 Å². The number of para-hydroxylation sites is 3. The Labute approximate surface area is 145 Å². The number of aromatic amines is 1. The Bertz CT molecular complexity index is 1030. The summed E-state index contributed by atoms with van der Waals surface area (Å²) in [5.41, 5.74) is 4.29. The van der Waals surface area contributed by atoms with Crippen LogP contribution in [0.5, 0.6) is 0 Å². The van der Waals surface area contributed by atoms with Gasteiger partial charge < -0.3 is 10.3 Å². The normalized spacial score (nSPS) is 11.1. The zero-order chi connectivity index (χ0) is 17.2. The number of carbonyl (C=O) groups excluding carboxylic acids is 1. The lowest BCUT2D eigenvalue weighted by Crippen LogP contribution is -2.26. The molecule has 0 unspecified atom stereocenters. The van der Waals surface area contributed by atoms with Crippen molar-refractivity contribution >= 4 is 27.8 Å². The molecule has 124 valence electrons. The molecule has 0 aliphatic heterocycles. The molecule has 25 heavy (non-hydrogen) atoms. The molecule has 4 aromatic rings. The molecule has 5 heteroatoms. The van der Waals surface area contributed by atoms with Crippen LogP contribution in [-0.2, 0) is 6.42 Å². The Kier molecular flexibility index (Phi) is 3.90. The van der Waals surface area contributed by atoms with Gasteiger partial charge in [-0.05, 0) is 31.2 Å². The molecular formula is C20H18N4O. The summed E-state index contributed by atoms with van der Waals surface area (Å²) < 4.78 is 0. The third kappa shape index (κ3) is 3.08. The summed E-state index contributed by atoms with van der Waals surface area (Å²) >= 11 is 0. The predicted molar refractivity (Wildman–Crippen MR) is 98.6 cm³/mol. The molecule has 0 saturated carbocycles. The fourth-order valence-corrected chi connectivity index (χ4v) is 3.01. The van der Waals surface area contributed by atoms with Gasteiger partial charge in [0, 0.05) is 24.0 Å². The Hall–Kier alpha value is -3.21. The molecule has 0 aliphatic rings. The van der Waals surface area contributed by atoms with Gasteiger partial charge in [-0.3, -0.25) is 9.78 Å². The topological polar surface area (TPSA) is 70.7 Å². The van der Waals surface area contributed by atoms with Crippen LogP contribution in [0.25, 0.3) is 21.9 Å².